The molecular formula is C16H17ClFN. The Morgan fingerprint density at radius 1 is 0.895 bits per heavy atom. The lowest BCUT2D eigenvalue weighted by Gasteiger charge is -2.21. The van der Waals surface area contributed by atoms with Gasteiger partial charge in [-0.15, -0.1) is 0 Å². The summed E-state index contributed by atoms with van der Waals surface area (Å²) in [5.41, 5.74) is 1.69. The summed E-state index contributed by atoms with van der Waals surface area (Å²) in [5.74, 6) is -0.186. The largest absolute Gasteiger partial charge is 0.303 e. The number of benzene rings is 2. The van der Waals surface area contributed by atoms with Gasteiger partial charge in [-0.2, -0.15) is 0 Å². The second-order valence-corrected chi connectivity index (χ2v) is 5.06. The molecule has 0 aromatic heterocycles. The first-order chi connectivity index (χ1) is 9.09. The van der Waals surface area contributed by atoms with E-state index in [4.69, 9.17) is 11.6 Å². The van der Waals surface area contributed by atoms with Crippen molar-refractivity contribution in [3.63, 3.8) is 0 Å². The van der Waals surface area contributed by atoms with Crippen LogP contribution in [0.4, 0.5) is 4.39 Å². The third kappa shape index (κ3) is 3.34. The molecule has 2 atom stereocenters. The average molecular weight is 278 g/mol. The summed E-state index contributed by atoms with van der Waals surface area (Å²) in [7, 11) is 0. The Morgan fingerprint density at radius 2 is 1.42 bits per heavy atom. The van der Waals surface area contributed by atoms with Crippen molar-refractivity contribution in [3.8, 4) is 0 Å². The molecular weight excluding hydrogens is 261 g/mol. The van der Waals surface area contributed by atoms with Crippen LogP contribution >= 0.6 is 11.6 Å². The third-order valence-corrected chi connectivity index (χ3v) is 3.59. The summed E-state index contributed by atoms with van der Waals surface area (Å²) in [4.78, 5) is 0. The fraction of sp³-hybridized carbons (Fsp3) is 0.250. The highest BCUT2D eigenvalue weighted by Gasteiger charge is 2.15. The predicted molar refractivity (Wildman–Crippen MR) is 77.8 cm³/mol. The molecule has 0 aliphatic heterocycles. The van der Waals surface area contributed by atoms with Crippen molar-refractivity contribution in [2.24, 2.45) is 0 Å². The van der Waals surface area contributed by atoms with E-state index in [1.165, 1.54) is 6.07 Å². The van der Waals surface area contributed by atoms with Crippen molar-refractivity contribution in [2.75, 3.05) is 0 Å². The molecule has 1 unspecified atom stereocenters. The standard InChI is InChI=1S/C16H17ClFN/c1-11(13-7-3-5-9-15(13)17)19-12(2)14-8-4-6-10-16(14)18/h3-12,19H,1-2H3/t11-,12?/m1/s1. The van der Waals surface area contributed by atoms with Gasteiger partial charge in [0, 0.05) is 22.7 Å². The monoisotopic (exact) mass is 277 g/mol. The van der Waals surface area contributed by atoms with Gasteiger partial charge in [0.25, 0.3) is 0 Å². The molecule has 0 fully saturated rings. The topological polar surface area (TPSA) is 12.0 Å². The van der Waals surface area contributed by atoms with E-state index in [-0.39, 0.29) is 17.9 Å². The fourth-order valence-corrected chi connectivity index (χ4v) is 2.51. The average Bonchev–Trinajstić information content (AvgIpc) is 2.39. The summed E-state index contributed by atoms with van der Waals surface area (Å²) in [6, 6.07) is 14.5. The molecule has 2 aromatic carbocycles. The van der Waals surface area contributed by atoms with Crippen molar-refractivity contribution in [3.05, 3.63) is 70.5 Å². The van der Waals surface area contributed by atoms with Crippen molar-refractivity contribution < 1.29 is 4.39 Å². The van der Waals surface area contributed by atoms with Crippen LogP contribution in [0.1, 0.15) is 37.1 Å². The van der Waals surface area contributed by atoms with Crippen LogP contribution in [0.5, 0.6) is 0 Å². The van der Waals surface area contributed by atoms with Gasteiger partial charge in [0.05, 0.1) is 0 Å². The van der Waals surface area contributed by atoms with E-state index >= 15 is 0 Å². The maximum absolute atomic E-state index is 13.7. The maximum Gasteiger partial charge on any atom is 0.127 e. The van der Waals surface area contributed by atoms with E-state index in [9.17, 15) is 4.39 Å². The zero-order valence-electron chi connectivity index (χ0n) is 11.0. The number of rotatable bonds is 4. The van der Waals surface area contributed by atoms with Gasteiger partial charge >= 0.3 is 0 Å². The molecule has 2 aromatic rings. The smallest absolute Gasteiger partial charge is 0.127 e. The Morgan fingerprint density at radius 3 is 2.05 bits per heavy atom. The SMILES string of the molecule is CC(N[C@H](C)c1ccccc1Cl)c1ccccc1F. The Labute approximate surface area is 118 Å². The van der Waals surface area contributed by atoms with Gasteiger partial charge in [-0.25, -0.2) is 4.39 Å². The second kappa shape index (κ2) is 6.18. The number of nitrogens with one attached hydrogen (secondary N) is 1. The van der Waals surface area contributed by atoms with Gasteiger partial charge in [-0.3, -0.25) is 0 Å². The van der Waals surface area contributed by atoms with Crippen molar-refractivity contribution >= 4 is 11.6 Å². The van der Waals surface area contributed by atoms with Crippen LogP contribution in [0.2, 0.25) is 5.02 Å². The van der Waals surface area contributed by atoms with Crippen LogP contribution in [0, 0.1) is 5.82 Å². The predicted octanol–water partition coefficient (Wildman–Crippen LogP) is 4.89. The van der Waals surface area contributed by atoms with Crippen LogP contribution in [-0.2, 0) is 0 Å². The zero-order valence-corrected chi connectivity index (χ0v) is 11.8. The van der Waals surface area contributed by atoms with Crippen LogP contribution in [-0.4, -0.2) is 0 Å². The molecule has 0 heterocycles. The van der Waals surface area contributed by atoms with Gasteiger partial charge < -0.3 is 5.32 Å². The Kier molecular flexibility index (Phi) is 4.56. The molecule has 0 aliphatic rings. The third-order valence-electron chi connectivity index (χ3n) is 3.24. The summed E-state index contributed by atoms with van der Waals surface area (Å²) in [6.45, 7) is 3.98. The molecule has 0 saturated carbocycles. The van der Waals surface area contributed by atoms with E-state index in [2.05, 4.69) is 5.32 Å². The molecule has 0 radical (unpaired) electrons. The van der Waals surface area contributed by atoms with E-state index in [1.807, 2.05) is 44.2 Å². The summed E-state index contributed by atoms with van der Waals surface area (Å²) in [6.07, 6.45) is 0. The normalized spacial score (nSPS) is 14.1. The summed E-state index contributed by atoms with van der Waals surface area (Å²) in [5, 5.41) is 4.09. The quantitative estimate of drug-likeness (QED) is 0.839. The Bertz CT molecular complexity index is 506. The molecule has 0 spiro atoms. The minimum atomic E-state index is -0.186. The zero-order chi connectivity index (χ0) is 13.8. The Balaban J connectivity index is 2.13. The lowest BCUT2D eigenvalue weighted by molar-refractivity contribution is 0.474. The minimum absolute atomic E-state index is 0.0586. The number of hydrogen-bond donors (Lipinski definition) is 1. The van der Waals surface area contributed by atoms with E-state index < -0.39 is 0 Å². The molecule has 100 valence electrons. The van der Waals surface area contributed by atoms with Gasteiger partial charge in [0.1, 0.15) is 5.82 Å². The molecule has 0 amide bonds. The molecule has 0 aliphatic carbocycles. The van der Waals surface area contributed by atoms with Crippen LogP contribution in [0.25, 0.3) is 0 Å². The minimum Gasteiger partial charge on any atom is -0.303 e. The first-order valence-electron chi connectivity index (χ1n) is 6.34. The van der Waals surface area contributed by atoms with E-state index in [1.54, 1.807) is 12.1 Å². The molecule has 3 heteroatoms. The highest BCUT2D eigenvalue weighted by atomic mass is 35.5. The Hall–Kier alpha value is -1.38. The molecule has 0 saturated heterocycles. The first-order valence-corrected chi connectivity index (χ1v) is 6.72. The van der Waals surface area contributed by atoms with Crippen molar-refractivity contribution in [1.82, 2.24) is 5.32 Å². The summed E-state index contributed by atoms with van der Waals surface area (Å²) < 4.78 is 13.7. The highest BCUT2D eigenvalue weighted by molar-refractivity contribution is 6.31. The molecule has 1 N–H and O–H groups in total. The number of halogens is 2. The van der Waals surface area contributed by atoms with Gasteiger partial charge in [-0.05, 0) is 31.5 Å². The van der Waals surface area contributed by atoms with Crippen LogP contribution in [0.15, 0.2) is 48.5 Å². The lowest BCUT2D eigenvalue weighted by atomic mass is 10.0. The molecule has 19 heavy (non-hydrogen) atoms. The fourth-order valence-electron chi connectivity index (χ4n) is 2.21. The first kappa shape index (κ1) is 14.0. The number of hydrogen-bond acceptors (Lipinski definition) is 1. The van der Waals surface area contributed by atoms with Gasteiger partial charge in [0.15, 0.2) is 0 Å². The van der Waals surface area contributed by atoms with Gasteiger partial charge in [0.2, 0.25) is 0 Å². The van der Waals surface area contributed by atoms with Crippen molar-refractivity contribution in [2.45, 2.75) is 25.9 Å². The van der Waals surface area contributed by atoms with Crippen LogP contribution in [0.3, 0.4) is 0 Å². The highest BCUT2D eigenvalue weighted by Crippen LogP contribution is 2.25. The molecule has 0 bridgehead atoms. The lowest BCUT2D eigenvalue weighted by Crippen LogP contribution is -2.23. The van der Waals surface area contributed by atoms with Gasteiger partial charge in [-0.1, -0.05) is 48.0 Å². The van der Waals surface area contributed by atoms with E-state index in [0.717, 1.165) is 10.6 Å². The molecule has 2 rings (SSSR count). The summed E-state index contributed by atoms with van der Waals surface area (Å²) >= 11 is 6.17. The molecule has 1 nitrogen and oxygen atoms in total. The van der Waals surface area contributed by atoms with Crippen molar-refractivity contribution in [1.29, 1.82) is 0 Å². The van der Waals surface area contributed by atoms with E-state index in [0.29, 0.717) is 5.56 Å². The van der Waals surface area contributed by atoms with Crippen LogP contribution < -0.4 is 5.32 Å². The second-order valence-electron chi connectivity index (χ2n) is 4.65. The maximum atomic E-state index is 13.7.